The second-order valence-corrected chi connectivity index (χ2v) is 6.27. The van der Waals surface area contributed by atoms with Crippen molar-refractivity contribution in [3.63, 3.8) is 0 Å². The number of benzene rings is 1. The fraction of sp³-hybridized carbons (Fsp3) is 0.562. The smallest absolute Gasteiger partial charge is 0.191 e. The fourth-order valence-electron chi connectivity index (χ4n) is 2.34. The fourth-order valence-corrected chi connectivity index (χ4v) is 2.34. The molecule has 1 aliphatic rings. The van der Waals surface area contributed by atoms with Crippen molar-refractivity contribution in [3.05, 3.63) is 29.8 Å². The Morgan fingerprint density at radius 3 is 2.58 bits per heavy atom. The molecule has 136 valence electrons. The van der Waals surface area contributed by atoms with E-state index >= 15 is 0 Å². The first-order valence-corrected chi connectivity index (χ1v) is 7.57. The van der Waals surface area contributed by atoms with Crippen LogP contribution in [0.25, 0.3) is 0 Å². The van der Waals surface area contributed by atoms with Crippen LogP contribution in [0.1, 0.15) is 20.8 Å². The Morgan fingerprint density at radius 2 is 2.00 bits per heavy atom. The average molecular weight is 455 g/mol. The van der Waals surface area contributed by atoms with Gasteiger partial charge in [0.25, 0.3) is 0 Å². The molecule has 0 spiro atoms. The van der Waals surface area contributed by atoms with Crippen LogP contribution in [-0.4, -0.2) is 48.8 Å². The lowest BCUT2D eigenvalue weighted by atomic mass is 10.1. The predicted molar refractivity (Wildman–Crippen MR) is 100.0 cm³/mol. The van der Waals surface area contributed by atoms with E-state index in [1.165, 1.54) is 0 Å². The maximum Gasteiger partial charge on any atom is 0.191 e. The molecule has 0 radical (unpaired) electrons. The summed E-state index contributed by atoms with van der Waals surface area (Å²) < 4.78 is 37.5. The Morgan fingerprint density at radius 1 is 1.38 bits per heavy atom. The molecule has 2 rings (SSSR count). The molecular formula is C16H24F2IN3O2. The van der Waals surface area contributed by atoms with Gasteiger partial charge in [-0.25, -0.2) is 13.8 Å². The molecule has 24 heavy (non-hydrogen) atoms. The van der Waals surface area contributed by atoms with Crippen LogP contribution < -0.4 is 10.5 Å². The lowest BCUT2D eigenvalue weighted by Gasteiger charge is -2.32. The Balaban J connectivity index is 0.00000288. The lowest BCUT2D eigenvalue weighted by Crippen LogP contribution is -2.48. The van der Waals surface area contributed by atoms with Gasteiger partial charge < -0.3 is 20.1 Å². The molecule has 8 heteroatoms. The molecule has 1 atom stereocenters. The average Bonchev–Trinajstić information content (AvgIpc) is 2.43. The Bertz CT molecular complexity index is 564. The van der Waals surface area contributed by atoms with Crippen molar-refractivity contribution in [1.29, 1.82) is 0 Å². The summed E-state index contributed by atoms with van der Waals surface area (Å²) in [6.45, 7) is 7.80. The Labute approximate surface area is 158 Å². The van der Waals surface area contributed by atoms with Gasteiger partial charge in [0.1, 0.15) is 23.0 Å². The van der Waals surface area contributed by atoms with Crippen LogP contribution in [0.5, 0.6) is 5.75 Å². The number of halogens is 3. The predicted octanol–water partition coefficient (Wildman–Crippen LogP) is 2.78. The van der Waals surface area contributed by atoms with Crippen LogP contribution in [0.4, 0.5) is 8.78 Å². The molecule has 0 bridgehead atoms. The van der Waals surface area contributed by atoms with E-state index in [0.717, 1.165) is 18.2 Å². The molecule has 2 N–H and O–H groups in total. The van der Waals surface area contributed by atoms with Gasteiger partial charge in [-0.05, 0) is 20.8 Å². The van der Waals surface area contributed by atoms with Crippen molar-refractivity contribution in [1.82, 2.24) is 4.90 Å². The third-order valence-corrected chi connectivity index (χ3v) is 3.42. The van der Waals surface area contributed by atoms with Crippen LogP contribution in [0.2, 0.25) is 0 Å². The highest BCUT2D eigenvalue weighted by Crippen LogP contribution is 2.21. The van der Waals surface area contributed by atoms with E-state index in [4.69, 9.17) is 15.2 Å². The zero-order chi connectivity index (χ0) is 17.0. The summed E-state index contributed by atoms with van der Waals surface area (Å²) in [6, 6.07) is 3.08. The number of guanidine groups is 1. The maximum atomic E-state index is 13.2. The van der Waals surface area contributed by atoms with E-state index in [1.54, 1.807) is 13.8 Å². The molecule has 1 heterocycles. The van der Waals surface area contributed by atoms with Crippen molar-refractivity contribution in [3.8, 4) is 5.75 Å². The zero-order valence-electron chi connectivity index (χ0n) is 14.1. The Kier molecular flexibility index (Phi) is 7.65. The number of hydrogen-bond donors (Lipinski definition) is 1. The van der Waals surface area contributed by atoms with Crippen molar-refractivity contribution < 1.29 is 18.3 Å². The van der Waals surface area contributed by atoms with Crippen LogP contribution >= 0.6 is 24.0 Å². The van der Waals surface area contributed by atoms with Gasteiger partial charge in [-0.15, -0.1) is 24.0 Å². The molecule has 0 aliphatic carbocycles. The minimum Gasteiger partial charge on any atom is -0.486 e. The van der Waals surface area contributed by atoms with Crippen LogP contribution in [0.3, 0.4) is 0 Å². The summed E-state index contributed by atoms with van der Waals surface area (Å²) in [5.74, 6) is -0.814. The summed E-state index contributed by atoms with van der Waals surface area (Å²) in [6.07, 6.45) is 0.108. The van der Waals surface area contributed by atoms with Gasteiger partial charge in [-0.2, -0.15) is 0 Å². The number of nitrogens with zero attached hydrogens (tertiary/aromatic N) is 2. The normalized spacial score (nSPS) is 19.0. The SMILES string of the molecule is CC1CN(C(N)=NCC(C)(C)Oc2cc(F)cc(F)c2)CCO1.I. The highest BCUT2D eigenvalue weighted by atomic mass is 127. The molecule has 0 saturated carbocycles. The highest BCUT2D eigenvalue weighted by Gasteiger charge is 2.22. The molecule has 1 aromatic carbocycles. The summed E-state index contributed by atoms with van der Waals surface area (Å²) in [5, 5.41) is 0. The van der Waals surface area contributed by atoms with Crippen LogP contribution in [0.15, 0.2) is 23.2 Å². The standard InChI is InChI=1S/C16H23F2N3O2.HI/c1-11-9-21(4-5-22-11)15(19)20-10-16(2,3)23-14-7-12(17)6-13(18)8-14;/h6-8,11H,4-5,9-10H2,1-3H3,(H2,19,20);1H. The maximum absolute atomic E-state index is 13.2. The van der Waals surface area contributed by atoms with Crippen LogP contribution in [-0.2, 0) is 4.74 Å². The number of ether oxygens (including phenoxy) is 2. The molecule has 1 unspecified atom stereocenters. The van der Waals surface area contributed by atoms with Crippen LogP contribution in [0, 0.1) is 11.6 Å². The monoisotopic (exact) mass is 455 g/mol. The second kappa shape index (κ2) is 8.80. The highest BCUT2D eigenvalue weighted by molar-refractivity contribution is 14.0. The minimum atomic E-state index is -0.747. The summed E-state index contributed by atoms with van der Waals surface area (Å²) in [4.78, 5) is 6.30. The van der Waals surface area contributed by atoms with Gasteiger partial charge in [0, 0.05) is 31.3 Å². The van der Waals surface area contributed by atoms with Gasteiger partial charge in [-0.3, -0.25) is 0 Å². The van der Waals surface area contributed by atoms with Gasteiger partial charge in [0.2, 0.25) is 0 Å². The minimum absolute atomic E-state index is 0. The largest absolute Gasteiger partial charge is 0.486 e. The van der Waals surface area contributed by atoms with Crippen molar-refractivity contribution in [2.45, 2.75) is 32.5 Å². The van der Waals surface area contributed by atoms with Gasteiger partial charge >= 0.3 is 0 Å². The molecule has 1 aliphatic heterocycles. The van der Waals surface area contributed by atoms with E-state index in [0.29, 0.717) is 25.7 Å². The van der Waals surface area contributed by atoms with Crippen molar-refractivity contribution in [2.75, 3.05) is 26.2 Å². The van der Waals surface area contributed by atoms with Crippen molar-refractivity contribution >= 4 is 29.9 Å². The second-order valence-electron chi connectivity index (χ2n) is 6.27. The van der Waals surface area contributed by atoms with E-state index in [2.05, 4.69) is 4.99 Å². The quantitative estimate of drug-likeness (QED) is 0.431. The third-order valence-electron chi connectivity index (χ3n) is 3.42. The zero-order valence-corrected chi connectivity index (χ0v) is 16.4. The number of morpholine rings is 1. The molecule has 5 nitrogen and oxygen atoms in total. The third kappa shape index (κ3) is 6.39. The number of nitrogens with two attached hydrogens (primary N) is 1. The van der Waals surface area contributed by atoms with Gasteiger partial charge in [-0.1, -0.05) is 0 Å². The van der Waals surface area contributed by atoms with E-state index in [9.17, 15) is 8.78 Å². The summed E-state index contributed by atoms with van der Waals surface area (Å²) in [5.41, 5.74) is 5.26. The first kappa shape index (κ1) is 20.9. The first-order chi connectivity index (χ1) is 10.7. The number of hydrogen-bond acceptors (Lipinski definition) is 3. The van der Waals surface area contributed by atoms with E-state index in [1.807, 2.05) is 11.8 Å². The molecule has 0 amide bonds. The number of rotatable bonds is 4. The Hall–Kier alpha value is -1.16. The van der Waals surface area contributed by atoms with Gasteiger partial charge in [0.05, 0.1) is 19.3 Å². The first-order valence-electron chi connectivity index (χ1n) is 7.57. The summed E-state index contributed by atoms with van der Waals surface area (Å²) >= 11 is 0. The number of aliphatic imine (C=N–C) groups is 1. The molecule has 1 aromatic rings. The summed E-state index contributed by atoms with van der Waals surface area (Å²) in [7, 11) is 0. The molecular weight excluding hydrogens is 431 g/mol. The molecule has 1 fully saturated rings. The van der Waals surface area contributed by atoms with Gasteiger partial charge in [0.15, 0.2) is 5.96 Å². The topological polar surface area (TPSA) is 60.1 Å². The van der Waals surface area contributed by atoms with E-state index < -0.39 is 17.2 Å². The molecule has 0 aromatic heterocycles. The molecule has 1 saturated heterocycles. The lowest BCUT2D eigenvalue weighted by molar-refractivity contribution is 0.00515. The van der Waals surface area contributed by atoms with E-state index in [-0.39, 0.29) is 42.4 Å². The van der Waals surface area contributed by atoms with Crippen molar-refractivity contribution in [2.24, 2.45) is 10.7 Å².